The Hall–Kier alpha value is -1.94. The number of fused-ring (bicyclic) bond motifs is 2. The van der Waals surface area contributed by atoms with Crippen molar-refractivity contribution in [3.63, 3.8) is 0 Å². The second-order valence-electron chi connectivity index (χ2n) is 8.25. The molecule has 2 aliphatic rings. The third-order valence-corrected chi connectivity index (χ3v) is 5.65. The minimum absolute atomic E-state index is 0.0381. The number of hydrogen-bond donors (Lipinski definition) is 2. The van der Waals surface area contributed by atoms with Crippen molar-refractivity contribution >= 4 is 12.0 Å². The van der Waals surface area contributed by atoms with E-state index in [1.54, 1.807) is 0 Å². The maximum atomic E-state index is 12.5. The van der Waals surface area contributed by atoms with Crippen molar-refractivity contribution in [1.29, 1.82) is 0 Å². The number of Topliss-reactive ketones (excluding diaryl/α,β-unsaturated/α-hetero) is 1. The van der Waals surface area contributed by atoms with Gasteiger partial charge in [0.2, 0.25) is 0 Å². The minimum atomic E-state index is -0.0381. The van der Waals surface area contributed by atoms with Crippen molar-refractivity contribution in [1.82, 2.24) is 5.32 Å². The SMILES string of the molecule is C=C(N)/N=C\C(C)(C)CCc1ccc2c(c1)C1(CCNCC1)CC2=O. The summed E-state index contributed by atoms with van der Waals surface area (Å²) < 4.78 is 0. The molecule has 1 aromatic carbocycles. The summed E-state index contributed by atoms with van der Waals surface area (Å²) in [4.78, 5) is 16.6. The second kappa shape index (κ2) is 6.75. The van der Waals surface area contributed by atoms with Gasteiger partial charge in [-0.05, 0) is 49.9 Å². The van der Waals surface area contributed by atoms with Gasteiger partial charge in [0.15, 0.2) is 5.78 Å². The van der Waals surface area contributed by atoms with Gasteiger partial charge in [-0.25, -0.2) is 4.99 Å². The van der Waals surface area contributed by atoms with Crippen LogP contribution in [0.4, 0.5) is 0 Å². The lowest BCUT2D eigenvalue weighted by molar-refractivity contribution is 0.0964. The number of aryl methyl sites for hydroxylation is 1. The molecule has 0 atom stereocenters. The van der Waals surface area contributed by atoms with Crippen molar-refractivity contribution in [2.75, 3.05) is 13.1 Å². The molecule has 134 valence electrons. The molecule has 0 radical (unpaired) electrons. The third kappa shape index (κ3) is 3.84. The van der Waals surface area contributed by atoms with Gasteiger partial charge in [-0.3, -0.25) is 4.79 Å². The van der Waals surface area contributed by atoms with Crippen molar-refractivity contribution in [3.05, 3.63) is 47.3 Å². The molecule has 3 N–H and O–H groups in total. The van der Waals surface area contributed by atoms with Crippen molar-refractivity contribution < 1.29 is 4.79 Å². The van der Waals surface area contributed by atoms with E-state index in [0.29, 0.717) is 18.0 Å². The van der Waals surface area contributed by atoms with Crippen LogP contribution in [0.3, 0.4) is 0 Å². The molecular formula is C21H29N3O. The molecule has 0 amide bonds. The fraction of sp³-hybridized carbons (Fsp3) is 0.524. The Morgan fingerprint density at radius 3 is 2.80 bits per heavy atom. The summed E-state index contributed by atoms with van der Waals surface area (Å²) in [5, 5.41) is 3.42. The highest BCUT2D eigenvalue weighted by Crippen LogP contribution is 2.45. The van der Waals surface area contributed by atoms with E-state index in [1.807, 2.05) is 12.3 Å². The van der Waals surface area contributed by atoms with Gasteiger partial charge in [0.25, 0.3) is 0 Å². The maximum Gasteiger partial charge on any atom is 0.164 e. The number of rotatable bonds is 5. The average molecular weight is 339 g/mol. The quantitative estimate of drug-likeness (QED) is 0.808. The van der Waals surface area contributed by atoms with Crippen molar-refractivity contribution in [3.8, 4) is 0 Å². The van der Waals surface area contributed by atoms with Crippen LogP contribution in [0.2, 0.25) is 0 Å². The summed E-state index contributed by atoms with van der Waals surface area (Å²) in [7, 11) is 0. The molecular weight excluding hydrogens is 310 g/mol. The van der Waals surface area contributed by atoms with E-state index >= 15 is 0 Å². The smallest absolute Gasteiger partial charge is 0.164 e. The molecule has 3 rings (SSSR count). The van der Waals surface area contributed by atoms with Gasteiger partial charge in [-0.1, -0.05) is 38.6 Å². The Labute approximate surface area is 150 Å². The van der Waals surface area contributed by atoms with Crippen LogP contribution in [0, 0.1) is 5.41 Å². The summed E-state index contributed by atoms with van der Waals surface area (Å²) >= 11 is 0. The molecule has 1 spiro atoms. The summed E-state index contributed by atoms with van der Waals surface area (Å²) in [6.07, 6.45) is 6.64. The van der Waals surface area contributed by atoms with Crippen LogP contribution in [0.1, 0.15) is 61.0 Å². The molecule has 0 aromatic heterocycles. The first kappa shape index (κ1) is 17.9. The first-order valence-electron chi connectivity index (χ1n) is 9.18. The van der Waals surface area contributed by atoms with Gasteiger partial charge in [-0.15, -0.1) is 0 Å². The van der Waals surface area contributed by atoms with Gasteiger partial charge in [0.05, 0.1) is 0 Å². The molecule has 4 heteroatoms. The largest absolute Gasteiger partial charge is 0.384 e. The van der Waals surface area contributed by atoms with Crippen LogP contribution in [0.5, 0.6) is 0 Å². The van der Waals surface area contributed by atoms with Crippen LogP contribution in [0.25, 0.3) is 0 Å². The number of nitrogens with zero attached hydrogens (tertiary/aromatic N) is 1. The zero-order chi connectivity index (χ0) is 18.1. The first-order chi connectivity index (χ1) is 11.8. The summed E-state index contributed by atoms with van der Waals surface area (Å²) in [6.45, 7) is 9.94. The zero-order valence-electron chi connectivity index (χ0n) is 15.4. The normalized spacial score (nSPS) is 19.5. The van der Waals surface area contributed by atoms with Crippen LogP contribution >= 0.6 is 0 Å². The maximum absolute atomic E-state index is 12.5. The Kier molecular flexibility index (Phi) is 4.83. The van der Waals surface area contributed by atoms with E-state index in [2.05, 4.69) is 42.9 Å². The van der Waals surface area contributed by atoms with Gasteiger partial charge >= 0.3 is 0 Å². The Morgan fingerprint density at radius 1 is 1.40 bits per heavy atom. The molecule has 1 aromatic rings. The number of nitrogens with one attached hydrogen (secondary N) is 1. The molecule has 0 bridgehead atoms. The molecule has 4 nitrogen and oxygen atoms in total. The lowest BCUT2D eigenvalue weighted by atomic mass is 9.74. The lowest BCUT2D eigenvalue weighted by Gasteiger charge is -2.34. The number of carbonyl (C=O) groups excluding carboxylic acids is 1. The highest BCUT2D eigenvalue weighted by Gasteiger charge is 2.43. The zero-order valence-corrected chi connectivity index (χ0v) is 15.4. The van der Waals surface area contributed by atoms with Gasteiger partial charge < -0.3 is 11.1 Å². The Morgan fingerprint density at radius 2 is 2.12 bits per heavy atom. The predicted molar refractivity (Wildman–Crippen MR) is 103 cm³/mol. The second-order valence-corrected chi connectivity index (χ2v) is 8.25. The topological polar surface area (TPSA) is 67.5 Å². The van der Waals surface area contributed by atoms with E-state index < -0.39 is 0 Å². The van der Waals surface area contributed by atoms with Gasteiger partial charge in [0.1, 0.15) is 5.82 Å². The summed E-state index contributed by atoms with van der Waals surface area (Å²) in [5.74, 6) is 0.661. The van der Waals surface area contributed by atoms with Crippen LogP contribution in [0.15, 0.2) is 35.6 Å². The van der Waals surface area contributed by atoms with Crippen LogP contribution < -0.4 is 11.1 Å². The number of benzene rings is 1. The van der Waals surface area contributed by atoms with E-state index in [4.69, 9.17) is 5.73 Å². The number of ketones is 1. The molecule has 0 saturated carbocycles. The number of carbonyl (C=O) groups is 1. The molecule has 1 aliphatic carbocycles. The van der Waals surface area contributed by atoms with E-state index in [9.17, 15) is 4.79 Å². The van der Waals surface area contributed by atoms with E-state index in [1.165, 1.54) is 11.1 Å². The number of aliphatic imine (C=N–C) groups is 1. The average Bonchev–Trinajstić information content (AvgIpc) is 2.84. The summed E-state index contributed by atoms with van der Waals surface area (Å²) in [5.41, 5.74) is 9.11. The molecule has 1 heterocycles. The highest BCUT2D eigenvalue weighted by molar-refractivity contribution is 6.02. The molecule has 0 unspecified atom stereocenters. The fourth-order valence-electron chi connectivity index (χ4n) is 4.07. The van der Waals surface area contributed by atoms with Gasteiger partial charge in [0, 0.05) is 29.0 Å². The van der Waals surface area contributed by atoms with Crippen LogP contribution in [-0.4, -0.2) is 25.1 Å². The highest BCUT2D eigenvalue weighted by atomic mass is 16.1. The first-order valence-corrected chi connectivity index (χ1v) is 9.18. The molecule has 1 saturated heterocycles. The third-order valence-electron chi connectivity index (χ3n) is 5.65. The standard InChI is InChI=1S/C21H29N3O/c1-15(22)24-14-20(2,3)7-6-16-4-5-17-18(12-16)21(13-19(17)25)8-10-23-11-9-21/h4-5,12,14,23H,1,6-11,13,22H2,2-3H3/b24-14-. The van der Waals surface area contributed by atoms with E-state index in [0.717, 1.165) is 44.3 Å². The molecule has 25 heavy (non-hydrogen) atoms. The number of piperidine rings is 1. The minimum Gasteiger partial charge on any atom is -0.384 e. The Balaban J connectivity index is 1.78. The fourth-order valence-corrected chi connectivity index (χ4v) is 4.07. The monoisotopic (exact) mass is 339 g/mol. The van der Waals surface area contributed by atoms with E-state index in [-0.39, 0.29) is 10.8 Å². The van der Waals surface area contributed by atoms with Gasteiger partial charge in [-0.2, -0.15) is 0 Å². The molecule has 1 fully saturated rings. The van der Waals surface area contributed by atoms with Crippen molar-refractivity contribution in [2.45, 2.75) is 51.4 Å². The Bertz CT molecular complexity index is 712. The van der Waals surface area contributed by atoms with Crippen molar-refractivity contribution in [2.24, 2.45) is 16.1 Å². The number of hydrogen-bond acceptors (Lipinski definition) is 4. The number of nitrogens with two attached hydrogens (primary N) is 1. The summed E-state index contributed by atoms with van der Waals surface area (Å²) in [6, 6.07) is 6.46. The predicted octanol–water partition coefficient (Wildman–Crippen LogP) is 3.35. The lowest BCUT2D eigenvalue weighted by Crippen LogP contribution is -2.38. The molecule has 1 aliphatic heterocycles. The van der Waals surface area contributed by atoms with Crippen LogP contribution in [-0.2, 0) is 11.8 Å².